The van der Waals surface area contributed by atoms with Crippen molar-refractivity contribution in [1.29, 1.82) is 0 Å². The zero-order valence-electron chi connectivity index (χ0n) is 21.1. The summed E-state index contributed by atoms with van der Waals surface area (Å²) in [6, 6.07) is 12.1. The highest BCUT2D eigenvalue weighted by Crippen LogP contribution is 2.44. The molecule has 2 aromatic carbocycles. The van der Waals surface area contributed by atoms with E-state index in [2.05, 4.69) is 11.4 Å². The molecule has 1 N–H and O–H groups in total. The topological polar surface area (TPSA) is 78.4 Å². The van der Waals surface area contributed by atoms with Gasteiger partial charge in [0.15, 0.2) is 17.8 Å². The molecule has 0 bridgehead atoms. The molecule has 0 unspecified atom stereocenters. The summed E-state index contributed by atoms with van der Waals surface area (Å²) in [7, 11) is 3.33. The number of methoxy groups -OCH3 is 2. The van der Waals surface area contributed by atoms with Gasteiger partial charge in [0.05, 0.1) is 32.5 Å². The second-order valence-electron chi connectivity index (χ2n) is 8.86. The zero-order valence-corrected chi connectivity index (χ0v) is 21.1. The molecule has 1 aliphatic carbocycles. The van der Waals surface area contributed by atoms with Gasteiger partial charge < -0.3 is 24.3 Å². The molecular weight excluding hydrogens is 444 g/mol. The highest BCUT2D eigenvalue weighted by atomic mass is 16.7. The first kappa shape index (κ1) is 25.2. The van der Waals surface area contributed by atoms with Crippen molar-refractivity contribution < 1.29 is 23.7 Å². The van der Waals surface area contributed by atoms with E-state index in [4.69, 9.17) is 23.9 Å². The third kappa shape index (κ3) is 5.52. The molecule has 2 aliphatic rings. The monoisotopic (exact) mass is 480 g/mol. The summed E-state index contributed by atoms with van der Waals surface area (Å²) in [6.07, 6.45) is 4.19. The molecule has 1 amide bonds. The fourth-order valence-electron chi connectivity index (χ4n) is 5.10. The van der Waals surface area contributed by atoms with E-state index in [1.807, 2.05) is 44.2 Å². The van der Waals surface area contributed by atoms with E-state index in [9.17, 15) is 4.79 Å². The predicted molar refractivity (Wildman–Crippen MR) is 136 cm³/mol. The number of fused-ring (bicyclic) bond motifs is 3. The molecule has 0 aromatic heterocycles. The van der Waals surface area contributed by atoms with Crippen LogP contribution in [0.15, 0.2) is 41.4 Å². The standard InChI is InChI=1S/C28H36N2O5/c1-5-34-26(35-6-2)17-29-28(31)19-13-11-18(12-14-19)27-22-16-25(33-4)24(32-3)15-21(22)20-9-7-8-10-23(20)30-27/h11-16,20,23,26H,5-10,17H2,1-4H3,(H,29,31)/t20-,23-/m1/s1. The number of carbonyl (C=O) groups is 1. The normalized spacial score (nSPS) is 18.9. The van der Waals surface area contributed by atoms with Gasteiger partial charge in [-0.2, -0.15) is 0 Å². The molecule has 2 aromatic rings. The van der Waals surface area contributed by atoms with Crippen molar-refractivity contribution in [1.82, 2.24) is 5.32 Å². The smallest absolute Gasteiger partial charge is 0.251 e. The Bertz CT molecular complexity index is 1040. The van der Waals surface area contributed by atoms with Crippen LogP contribution in [0.5, 0.6) is 11.5 Å². The maximum absolute atomic E-state index is 12.7. The van der Waals surface area contributed by atoms with Crippen molar-refractivity contribution in [2.45, 2.75) is 57.8 Å². The van der Waals surface area contributed by atoms with Crippen molar-refractivity contribution in [3.05, 3.63) is 58.7 Å². The van der Waals surface area contributed by atoms with Gasteiger partial charge in [-0.05, 0) is 56.5 Å². The summed E-state index contributed by atoms with van der Waals surface area (Å²) in [5, 5.41) is 2.90. The molecule has 7 nitrogen and oxygen atoms in total. The molecule has 0 spiro atoms. The number of benzene rings is 2. The Morgan fingerprint density at radius 3 is 2.31 bits per heavy atom. The second-order valence-corrected chi connectivity index (χ2v) is 8.86. The van der Waals surface area contributed by atoms with Gasteiger partial charge in [-0.15, -0.1) is 0 Å². The lowest BCUT2D eigenvalue weighted by Crippen LogP contribution is -2.35. The molecule has 2 atom stereocenters. The van der Waals surface area contributed by atoms with Crippen LogP contribution in [0.3, 0.4) is 0 Å². The Kier molecular flexibility index (Phi) is 8.42. The van der Waals surface area contributed by atoms with Crippen LogP contribution in [0.2, 0.25) is 0 Å². The number of amides is 1. The van der Waals surface area contributed by atoms with Crippen molar-refractivity contribution in [2.75, 3.05) is 34.0 Å². The number of carbonyl (C=O) groups excluding carboxylic acids is 1. The molecule has 1 saturated carbocycles. The summed E-state index contributed by atoms with van der Waals surface area (Å²) in [6.45, 7) is 5.15. The van der Waals surface area contributed by atoms with E-state index in [1.54, 1.807) is 14.2 Å². The number of rotatable bonds is 10. The fraction of sp³-hybridized carbons (Fsp3) is 0.500. The lowest BCUT2D eigenvalue weighted by molar-refractivity contribution is -0.131. The van der Waals surface area contributed by atoms with Crippen LogP contribution >= 0.6 is 0 Å². The van der Waals surface area contributed by atoms with Gasteiger partial charge in [0.1, 0.15) is 0 Å². The van der Waals surface area contributed by atoms with Crippen LogP contribution in [-0.2, 0) is 9.47 Å². The molecule has 1 fully saturated rings. The summed E-state index contributed by atoms with van der Waals surface area (Å²) >= 11 is 0. The lowest BCUT2D eigenvalue weighted by Gasteiger charge is -2.35. The van der Waals surface area contributed by atoms with Gasteiger partial charge >= 0.3 is 0 Å². The molecular formula is C28H36N2O5. The van der Waals surface area contributed by atoms with E-state index >= 15 is 0 Å². The third-order valence-electron chi connectivity index (χ3n) is 6.79. The van der Waals surface area contributed by atoms with Crippen LogP contribution in [0.25, 0.3) is 0 Å². The van der Waals surface area contributed by atoms with Gasteiger partial charge in [0.25, 0.3) is 5.91 Å². The number of hydrogen-bond acceptors (Lipinski definition) is 6. The second kappa shape index (κ2) is 11.7. The SMILES string of the molecule is CCOC(CNC(=O)c1ccc(C2=N[C@@H]3CCCC[C@@H]3c3cc(OC)c(OC)cc32)cc1)OCC. The van der Waals surface area contributed by atoms with E-state index in [0.717, 1.165) is 35.4 Å². The molecule has 35 heavy (non-hydrogen) atoms. The molecule has 4 rings (SSSR count). The zero-order chi connectivity index (χ0) is 24.8. The summed E-state index contributed by atoms with van der Waals surface area (Å²) in [5.41, 5.74) is 4.88. The fourth-order valence-corrected chi connectivity index (χ4v) is 5.10. The van der Waals surface area contributed by atoms with Crippen LogP contribution in [0, 0.1) is 0 Å². The summed E-state index contributed by atoms with van der Waals surface area (Å²) < 4.78 is 22.2. The first-order chi connectivity index (χ1) is 17.1. The molecule has 188 valence electrons. The van der Waals surface area contributed by atoms with Gasteiger partial charge in [0, 0.05) is 35.8 Å². The van der Waals surface area contributed by atoms with E-state index in [-0.39, 0.29) is 11.9 Å². The minimum atomic E-state index is -0.447. The van der Waals surface area contributed by atoms with Crippen LogP contribution in [-0.4, -0.2) is 57.9 Å². The van der Waals surface area contributed by atoms with Crippen molar-refractivity contribution in [3.8, 4) is 11.5 Å². The number of aliphatic imine (C=N–C) groups is 1. The van der Waals surface area contributed by atoms with Gasteiger partial charge in [-0.3, -0.25) is 9.79 Å². The first-order valence-corrected chi connectivity index (χ1v) is 12.6. The Morgan fingerprint density at radius 2 is 1.66 bits per heavy atom. The van der Waals surface area contributed by atoms with Crippen LogP contribution < -0.4 is 14.8 Å². The summed E-state index contributed by atoms with van der Waals surface area (Å²) in [4.78, 5) is 17.9. The molecule has 1 aliphatic heterocycles. The maximum Gasteiger partial charge on any atom is 0.251 e. The predicted octanol–water partition coefficient (Wildman–Crippen LogP) is 4.71. The van der Waals surface area contributed by atoms with E-state index in [0.29, 0.717) is 37.0 Å². The Morgan fingerprint density at radius 1 is 1.00 bits per heavy atom. The number of nitrogens with one attached hydrogen (secondary N) is 1. The minimum absolute atomic E-state index is 0.161. The lowest BCUT2D eigenvalue weighted by atomic mass is 9.75. The molecule has 1 heterocycles. The molecule has 7 heteroatoms. The van der Waals surface area contributed by atoms with E-state index < -0.39 is 6.29 Å². The Balaban J connectivity index is 1.59. The number of hydrogen-bond donors (Lipinski definition) is 1. The largest absolute Gasteiger partial charge is 0.493 e. The summed E-state index contributed by atoms with van der Waals surface area (Å²) in [5.74, 6) is 1.69. The average molecular weight is 481 g/mol. The Labute approximate surface area is 207 Å². The first-order valence-electron chi connectivity index (χ1n) is 12.6. The van der Waals surface area contributed by atoms with E-state index in [1.165, 1.54) is 18.4 Å². The average Bonchev–Trinajstić information content (AvgIpc) is 2.90. The number of nitrogens with zero attached hydrogens (tertiary/aromatic N) is 1. The highest BCUT2D eigenvalue weighted by molar-refractivity contribution is 6.15. The minimum Gasteiger partial charge on any atom is -0.493 e. The van der Waals surface area contributed by atoms with Crippen LogP contribution in [0.4, 0.5) is 0 Å². The molecule has 0 radical (unpaired) electrons. The maximum atomic E-state index is 12.7. The quantitative estimate of drug-likeness (QED) is 0.499. The van der Waals surface area contributed by atoms with Crippen molar-refractivity contribution in [3.63, 3.8) is 0 Å². The number of ether oxygens (including phenoxy) is 4. The van der Waals surface area contributed by atoms with Crippen molar-refractivity contribution in [2.24, 2.45) is 4.99 Å². The molecule has 0 saturated heterocycles. The Hall–Kier alpha value is -2.90. The van der Waals surface area contributed by atoms with Gasteiger partial charge in [0.2, 0.25) is 0 Å². The highest BCUT2D eigenvalue weighted by Gasteiger charge is 2.34. The van der Waals surface area contributed by atoms with Crippen molar-refractivity contribution >= 4 is 11.6 Å². The van der Waals surface area contributed by atoms with Gasteiger partial charge in [-0.1, -0.05) is 25.0 Å². The van der Waals surface area contributed by atoms with Gasteiger partial charge in [-0.25, -0.2) is 0 Å². The third-order valence-corrected chi connectivity index (χ3v) is 6.79. The van der Waals surface area contributed by atoms with Crippen LogP contribution in [0.1, 0.15) is 72.5 Å².